The van der Waals surface area contributed by atoms with Crippen molar-refractivity contribution in [2.45, 2.75) is 39.4 Å². The first-order chi connectivity index (χ1) is 20.0. The predicted octanol–water partition coefficient (Wildman–Crippen LogP) is 3.23. The Morgan fingerprint density at radius 2 is 1.50 bits per heavy atom. The van der Waals surface area contributed by atoms with Gasteiger partial charge in [-0.3, -0.25) is 14.5 Å². The lowest BCUT2D eigenvalue weighted by Gasteiger charge is -2.24. The van der Waals surface area contributed by atoms with Gasteiger partial charge in [0.05, 0.1) is 24.6 Å². The molecule has 220 valence electrons. The van der Waals surface area contributed by atoms with Gasteiger partial charge >= 0.3 is 19.1 Å². The second kappa shape index (κ2) is 12.6. The summed E-state index contributed by atoms with van der Waals surface area (Å²) in [5.74, 6) is 0.801. The number of hydrogen-bond acceptors (Lipinski definition) is 9. The van der Waals surface area contributed by atoms with E-state index in [1.54, 1.807) is 31.3 Å². The van der Waals surface area contributed by atoms with Crippen molar-refractivity contribution >= 4 is 34.4 Å². The van der Waals surface area contributed by atoms with Gasteiger partial charge in [0, 0.05) is 5.46 Å². The molecule has 42 heavy (non-hydrogen) atoms. The zero-order chi connectivity index (χ0) is 29.9. The summed E-state index contributed by atoms with van der Waals surface area (Å²) in [6, 6.07) is 19.1. The van der Waals surface area contributed by atoms with Crippen LogP contribution < -0.4 is 14.9 Å². The molecular weight excluding hydrogens is 557 g/mol. The average Bonchev–Trinajstić information content (AvgIpc) is 2.92. The Bertz CT molecular complexity index is 1520. The third kappa shape index (κ3) is 7.51. The minimum absolute atomic E-state index is 0.0115. The quantitative estimate of drug-likeness (QED) is 0.383. The maximum absolute atomic E-state index is 12.0. The molecule has 0 spiro atoms. The van der Waals surface area contributed by atoms with Crippen LogP contribution in [0.5, 0.6) is 11.5 Å². The van der Waals surface area contributed by atoms with Gasteiger partial charge in [0.2, 0.25) is 0 Å². The van der Waals surface area contributed by atoms with Crippen LogP contribution in [0.4, 0.5) is 0 Å². The first-order valence-electron chi connectivity index (χ1n) is 13.9. The van der Waals surface area contributed by atoms with E-state index in [1.807, 2.05) is 38.1 Å². The molecule has 9 nitrogen and oxygen atoms in total. The Labute approximate surface area is 246 Å². The summed E-state index contributed by atoms with van der Waals surface area (Å²) in [6.07, 6.45) is 0.954. The number of aryl methyl sites for hydroxylation is 2. The summed E-state index contributed by atoms with van der Waals surface area (Å²) in [4.78, 5) is 25.6. The maximum Gasteiger partial charge on any atom is 0.636 e. The highest BCUT2D eigenvalue weighted by Gasteiger charge is 2.33. The van der Waals surface area contributed by atoms with Gasteiger partial charge in [0.15, 0.2) is 9.84 Å². The fraction of sp³-hybridized carbons (Fsp3) is 0.355. The fourth-order valence-corrected chi connectivity index (χ4v) is 6.75. The zero-order valence-electron chi connectivity index (χ0n) is 24.0. The van der Waals surface area contributed by atoms with E-state index < -0.39 is 28.9 Å². The SMILES string of the molecule is Cc1cc(OC2CCS(=O)(=O)CC2)cc(C)c1-c1cccc(COc2ccc(B3OC(=O)CN(C)CC(=O)O3)cc2)c1. The number of rotatable bonds is 7. The largest absolute Gasteiger partial charge is 0.636 e. The number of nitrogens with zero attached hydrogens (tertiary/aromatic N) is 1. The minimum atomic E-state index is -2.93. The number of benzene rings is 3. The van der Waals surface area contributed by atoms with Gasteiger partial charge < -0.3 is 18.8 Å². The molecule has 0 unspecified atom stereocenters. The van der Waals surface area contributed by atoms with E-state index in [0.717, 1.165) is 33.6 Å². The second-order valence-corrected chi connectivity index (χ2v) is 13.2. The topological polar surface area (TPSA) is 108 Å². The summed E-state index contributed by atoms with van der Waals surface area (Å²) in [5, 5.41) is 0. The molecular formula is C31H34BNO8S. The van der Waals surface area contributed by atoms with Gasteiger partial charge in [-0.05, 0) is 91.9 Å². The molecule has 3 aromatic rings. The molecule has 0 amide bonds. The molecule has 2 aliphatic rings. The Kier molecular flexibility index (Phi) is 8.89. The molecule has 2 aliphatic heterocycles. The summed E-state index contributed by atoms with van der Waals surface area (Å²) < 4.78 is 46.3. The zero-order valence-corrected chi connectivity index (χ0v) is 24.8. The van der Waals surface area contributed by atoms with Crippen LogP contribution in [0.15, 0.2) is 60.7 Å². The Morgan fingerprint density at radius 3 is 2.12 bits per heavy atom. The lowest BCUT2D eigenvalue weighted by Crippen LogP contribution is -2.47. The van der Waals surface area contributed by atoms with Crippen LogP contribution in [-0.4, -0.2) is 70.1 Å². The first-order valence-corrected chi connectivity index (χ1v) is 15.7. The maximum atomic E-state index is 12.0. The molecule has 3 aromatic carbocycles. The molecule has 2 saturated heterocycles. The normalized spacial score (nSPS) is 18.0. The monoisotopic (exact) mass is 591 g/mol. The molecule has 0 aromatic heterocycles. The highest BCUT2D eigenvalue weighted by atomic mass is 32.2. The van der Waals surface area contributed by atoms with E-state index in [9.17, 15) is 18.0 Å². The Morgan fingerprint density at radius 1 is 0.881 bits per heavy atom. The highest BCUT2D eigenvalue weighted by molar-refractivity contribution is 7.91. The summed E-state index contributed by atoms with van der Waals surface area (Å²) in [5.41, 5.74) is 5.87. The van der Waals surface area contributed by atoms with Crippen LogP contribution >= 0.6 is 0 Å². The predicted molar refractivity (Wildman–Crippen MR) is 159 cm³/mol. The number of sulfone groups is 1. The van der Waals surface area contributed by atoms with Crippen molar-refractivity contribution in [3.63, 3.8) is 0 Å². The molecule has 0 saturated carbocycles. The van der Waals surface area contributed by atoms with Gasteiger partial charge in [-0.2, -0.15) is 0 Å². The van der Waals surface area contributed by atoms with E-state index in [4.69, 9.17) is 18.8 Å². The number of carbonyl (C=O) groups excluding carboxylic acids is 2. The molecule has 2 heterocycles. The molecule has 0 N–H and O–H groups in total. The van der Waals surface area contributed by atoms with E-state index in [2.05, 4.69) is 12.1 Å². The molecule has 0 atom stereocenters. The standard InChI is InChI=1S/C31H34BNO8S/c1-21-15-28(39-27-11-13-42(36,37)14-12-27)16-22(2)31(21)24-6-4-5-23(17-24)20-38-26-9-7-25(8-10-26)32-40-29(34)18-33(3)19-30(35)41-32/h4-10,15-17,27H,11-14,18-20H2,1-3H3. The van der Waals surface area contributed by atoms with Crippen molar-refractivity contribution in [2.75, 3.05) is 31.6 Å². The highest BCUT2D eigenvalue weighted by Crippen LogP contribution is 2.33. The summed E-state index contributed by atoms with van der Waals surface area (Å²) in [7, 11) is -2.38. The van der Waals surface area contributed by atoms with Crippen LogP contribution in [0.2, 0.25) is 0 Å². The average molecular weight is 591 g/mol. The van der Waals surface area contributed by atoms with Crippen molar-refractivity contribution in [3.8, 4) is 22.6 Å². The smallest absolute Gasteiger partial charge is 0.494 e. The van der Waals surface area contributed by atoms with Crippen LogP contribution in [0.1, 0.15) is 29.5 Å². The lowest BCUT2D eigenvalue weighted by atomic mass is 9.78. The van der Waals surface area contributed by atoms with Gasteiger partial charge in [0.25, 0.3) is 0 Å². The summed E-state index contributed by atoms with van der Waals surface area (Å²) >= 11 is 0. The van der Waals surface area contributed by atoms with E-state index in [-0.39, 0.29) is 30.7 Å². The van der Waals surface area contributed by atoms with Crippen LogP contribution in [0.25, 0.3) is 11.1 Å². The molecule has 5 rings (SSSR count). The van der Waals surface area contributed by atoms with Crippen molar-refractivity contribution in [1.82, 2.24) is 4.90 Å². The van der Waals surface area contributed by atoms with Gasteiger partial charge in [0.1, 0.15) is 24.2 Å². The third-order valence-electron chi connectivity index (χ3n) is 7.36. The van der Waals surface area contributed by atoms with Crippen LogP contribution in [-0.2, 0) is 35.3 Å². The Hall–Kier alpha value is -3.83. The number of hydrogen-bond donors (Lipinski definition) is 0. The van der Waals surface area contributed by atoms with Crippen molar-refractivity contribution in [2.24, 2.45) is 0 Å². The number of likely N-dealkylation sites (N-methyl/N-ethyl adjacent to an activating group) is 1. The molecule has 0 aliphatic carbocycles. The van der Waals surface area contributed by atoms with Gasteiger partial charge in [-0.15, -0.1) is 0 Å². The molecule has 11 heteroatoms. The number of carbonyl (C=O) groups is 2. The van der Waals surface area contributed by atoms with Crippen molar-refractivity contribution in [1.29, 1.82) is 0 Å². The first kappa shape index (κ1) is 29.7. The van der Waals surface area contributed by atoms with E-state index >= 15 is 0 Å². The molecule has 0 bridgehead atoms. The second-order valence-electron chi connectivity index (χ2n) is 10.9. The van der Waals surface area contributed by atoms with E-state index in [0.29, 0.717) is 30.7 Å². The number of ether oxygens (including phenoxy) is 2. The van der Waals surface area contributed by atoms with Crippen molar-refractivity contribution < 1.29 is 36.8 Å². The fourth-order valence-electron chi connectivity index (χ4n) is 5.30. The third-order valence-corrected chi connectivity index (χ3v) is 9.07. The lowest BCUT2D eigenvalue weighted by molar-refractivity contribution is -0.145. The molecule has 2 fully saturated rings. The van der Waals surface area contributed by atoms with E-state index in [1.165, 1.54) is 4.90 Å². The molecule has 0 radical (unpaired) electrons. The van der Waals surface area contributed by atoms with Gasteiger partial charge in [-0.1, -0.05) is 30.3 Å². The van der Waals surface area contributed by atoms with Crippen LogP contribution in [0, 0.1) is 13.8 Å². The van der Waals surface area contributed by atoms with Gasteiger partial charge in [-0.25, -0.2) is 8.42 Å². The van der Waals surface area contributed by atoms with Crippen molar-refractivity contribution in [3.05, 3.63) is 77.4 Å². The Balaban J connectivity index is 1.22. The summed E-state index contributed by atoms with van der Waals surface area (Å²) in [6.45, 7) is 4.47. The van der Waals surface area contributed by atoms with Crippen LogP contribution in [0.3, 0.4) is 0 Å². The minimum Gasteiger partial charge on any atom is -0.494 e.